The number of nitrogens with two attached hydrogens (primary N) is 1. The van der Waals surface area contributed by atoms with Gasteiger partial charge in [-0.25, -0.2) is 0 Å². The molecule has 0 bridgehead atoms. The SMILES string of the molecule is COc1ccc(C)cc1CSc1cccc(N)c1C. The minimum Gasteiger partial charge on any atom is -0.496 e. The van der Waals surface area contributed by atoms with Crippen LogP contribution in [-0.2, 0) is 5.75 Å². The highest BCUT2D eigenvalue weighted by molar-refractivity contribution is 7.98. The molecule has 0 aliphatic carbocycles. The van der Waals surface area contributed by atoms with Gasteiger partial charge in [0.05, 0.1) is 7.11 Å². The zero-order chi connectivity index (χ0) is 13.8. The van der Waals surface area contributed by atoms with Gasteiger partial charge in [0.15, 0.2) is 0 Å². The largest absolute Gasteiger partial charge is 0.496 e. The van der Waals surface area contributed by atoms with Gasteiger partial charge in [-0.05, 0) is 37.6 Å². The van der Waals surface area contributed by atoms with Gasteiger partial charge < -0.3 is 10.5 Å². The van der Waals surface area contributed by atoms with Crippen LogP contribution in [0.5, 0.6) is 5.75 Å². The summed E-state index contributed by atoms with van der Waals surface area (Å²) in [6.07, 6.45) is 0. The van der Waals surface area contributed by atoms with E-state index in [4.69, 9.17) is 10.5 Å². The minimum atomic E-state index is 0.848. The third-order valence-corrected chi connectivity index (χ3v) is 4.35. The molecule has 0 fully saturated rings. The van der Waals surface area contributed by atoms with Crippen LogP contribution in [0.15, 0.2) is 41.3 Å². The average molecular weight is 273 g/mol. The summed E-state index contributed by atoms with van der Waals surface area (Å²) in [7, 11) is 1.71. The van der Waals surface area contributed by atoms with E-state index in [1.165, 1.54) is 16.0 Å². The summed E-state index contributed by atoms with van der Waals surface area (Å²) < 4.78 is 5.40. The van der Waals surface area contributed by atoms with E-state index >= 15 is 0 Å². The molecule has 0 heterocycles. The van der Waals surface area contributed by atoms with Crippen LogP contribution in [0.25, 0.3) is 0 Å². The highest BCUT2D eigenvalue weighted by Crippen LogP contribution is 2.32. The predicted octanol–water partition coefficient (Wildman–Crippen LogP) is 4.19. The lowest BCUT2D eigenvalue weighted by Crippen LogP contribution is -1.93. The van der Waals surface area contributed by atoms with E-state index in [0.29, 0.717) is 0 Å². The number of ether oxygens (including phenoxy) is 1. The van der Waals surface area contributed by atoms with E-state index in [1.807, 2.05) is 18.2 Å². The van der Waals surface area contributed by atoms with Crippen molar-refractivity contribution in [3.05, 3.63) is 53.1 Å². The van der Waals surface area contributed by atoms with E-state index in [-0.39, 0.29) is 0 Å². The monoisotopic (exact) mass is 273 g/mol. The van der Waals surface area contributed by atoms with Crippen LogP contribution in [0.2, 0.25) is 0 Å². The molecule has 2 aromatic carbocycles. The van der Waals surface area contributed by atoms with Gasteiger partial charge in [0.2, 0.25) is 0 Å². The summed E-state index contributed by atoms with van der Waals surface area (Å²) in [4.78, 5) is 1.23. The van der Waals surface area contributed by atoms with Crippen molar-refractivity contribution in [3.8, 4) is 5.75 Å². The van der Waals surface area contributed by atoms with Crippen molar-refractivity contribution in [1.29, 1.82) is 0 Å². The fourth-order valence-corrected chi connectivity index (χ4v) is 3.01. The van der Waals surface area contributed by atoms with E-state index in [9.17, 15) is 0 Å². The number of thioether (sulfide) groups is 1. The number of hydrogen-bond acceptors (Lipinski definition) is 3. The Balaban J connectivity index is 2.18. The molecule has 0 amide bonds. The highest BCUT2D eigenvalue weighted by Gasteiger charge is 2.06. The molecule has 100 valence electrons. The fourth-order valence-electron chi connectivity index (χ4n) is 1.96. The molecule has 0 saturated carbocycles. The molecular formula is C16H19NOS. The fraction of sp³-hybridized carbons (Fsp3) is 0.250. The van der Waals surface area contributed by atoms with Crippen molar-refractivity contribution < 1.29 is 4.74 Å². The first-order valence-corrected chi connectivity index (χ1v) is 7.22. The van der Waals surface area contributed by atoms with Gasteiger partial charge in [0.25, 0.3) is 0 Å². The maximum Gasteiger partial charge on any atom is 0.122 e. The number of methoxy groups -OCH3 is 1. The Hall–Kier alpha value is -1.61. The second-order valence-corrected chi connectivity index (χ2v) is 5.59. The number of nitrogen functional groups attached to an aromatic ring is 1. The lowest BCUT2D eigenvalue weighted by atomic mass is 10.1. The van der Waals surface area contributed by atoms with Crippen molar-refractivity contribution in [3.63, 3.8) is 0 Å². The van der Waals surface area contributed by atoms with E-state index in [2.05, 4.69) is 32.0 Å². The van der Waals surface area contributed by atoms with Gasteiger partial charge >= 0.3 is 0 Å². The first kappa shape index (κ1) is 13.8. The van der Waals surface area contributed by atoms with Crippen molar-refractivity contribution in [2.75, 3.05) is 12.8 Å². The standard InChI is InChI=1S/C16H19NOS/c1-11-7-8-15(18-3)13(9-11)10-19-16-6-4-5-14(17)12(16)2/h4-9H,10,17H2,1-3H3. The molecule has 2 rings (SSSR count). The maximum atomic E-state index is 5.93. The Labute approximate surface area is 119 Å². The third kappa shape index (κ3) is 3.24. The average Bonchev–Trinajstić information content (AvgIpc) is 2.40. The van der Waals surface area contributed by atoms with Crippen LogP contribution in [0, 0.1) is 13.8 Å². The Kier molecular flexibility index (Phi) is 4.38. The maximum absolute atomic E-state index is 5.93. The second kappa shape index (κ2) is 6.02. The van der Waals surface area contributed by atoms with Gasteiger partial charge in [0, 0.05) is 21.9 Å². The summed E-state index contributed by atoms with van der Waals surface area (Å²) in [6.45, 7) is 4.16. The Bertz CT molecular complexity index is 581. The minimum absolute atomic E-state index is 0.848. The molecule has 0 spiro atoms. The molecule has 2 aromatic rings. The molecule has 0 radical (unpaired) electrons. The number of benzene rings is 2. The molecule has 19 heavy (non-hydrogen) atoms. The summed E-state index contributed by atoms with van der Waals surface area (Å²) in [6, 6.07) is 12.3. The lowest BCUT2D eigenvalue weighted by molar-refractivity contribution is 0.411. The van der Waals surface area contributed by atoms with Gasteiger partial charge in [-0.1, -0.05) is 23.8 Å². The Morgan fingerprint density at radius 1 is 1.16 bits per heavy atom. The topological polar surface area (TPSA) is 35.2 Å². The molecule has 0 aromatic heterocycles. The molecule has 0 unspecified atom stereocenters. The van der Waals surface area contributed by atoms with Crippen molar-refractivity contribution in [2.45, 2.75) is 24.5 Å². The quantitative estimate of drug-likeness (QED) is 0.670. The molecular weight excluding hydrogens is 254 g/mol. The van der Waals surface area contributed by atoms with Crippen LogP contribution >= 0.6 is 11.8 Å². The van der Waals surface area contributed by atoms with Crippen LogP contribution in [-0.4, -0.2) is 7.11 Å². The van der Waals surface area contributed by atoms with Gasteiger partial charge in [0.1, 0.15) is 5.75 Å². The summed E-state index contributed by atoms with van der Waals surface area (Å²) in [5.41, 5.74) is 10.4. The zero-order valence-corrected chi connectivity index (χ0v) is 12.4. The molecule has 0 atom stereocenters. The van der Waals surface area contributed by atoms with Gasteiger partial charge in [-0.2, -0.15) is 0 Å². The Morgan fingerprint density at radius 2 is 1.95 bits per heavy atom. The first-order chi connectivity index (χ1) is 9.11. The lowest BCUT2D eigenvalue weighted by Gasteiger charge is -2.11. The summed E-state index contributed by atoms with van der Waals surface area (Å²) in [5, 5.41) is 0. The summed E-state index contributed by atoms with van der Waals surface area (Å²) in [5.74, 6) is 1.83. The normalized spacial score (nSPS) is 10.5. The van der Waals surface area contributed by atoms with Gasteiger partial charge in [-0.3, -0.25) is 0 Å². The number of rotatable bonds is 4. The van der Waals surface area contributed by atoms with E-state index < -0.39 is 0 Å². The predicted molar refractivity (Wildman–Crippen MR) is 82.9 cm³/mol. The van der Waals surface area contributed by atoms with E-state index in [1.54, 1.807) is 18.9 Å². The molecule has 0 aliphatic heterocycles. The summed E-state index contributed by atoms with van der Waals surface area (Å²) >= 11 is 1.79. The first-order valence-electron chi connectivity index (χ1n) is 6.23. The van der Waals surface area contributed by atoms with Crippen molar-refractivity contribution in [2.24, 2.45) is 0 Å². The van der Waals surface area contributed by atoms with Crippen molar-refractivity contribution in [1.82, 2.24) is 0 Å². The smallest absolute Gasteiger partial charge is 0.122 e. The van der Waals surface area contributed by atoms with Crippen LogP contribution in [0.1, 0.15) is 16.7 Å². The molecule has 2 nitrogen and oxygen atoms in total. The third-order valence-electron chi connectivity index (χ3n) is 3.15. The zero-order valence-electron chi connectivity index (χ0n) is 11.6. The molecule has 0 aliphatic rings. The number of hydrogen-bond donors (Lipinski definition) is 1. The van der Waals surface area contributed by atoms with E-state index in [0.717, 1.165) is 22.8 Å². The Morgan fingerprint density at radius 3 is 2.68 bits per heavy atom. The molecule has 3 heteroatoms. The van der Waals surface area contributed by atoms with Crippen LogP contribution < -0.4 is 10.5 Å². The molecule has 2 N–H and O–H groups in total. The highest BCUT2D eigenvalue weighted by atomic mass is 32.2. The van der Waals surface area contributed by atoms with Crippen LogP contribution in [0.3, 0.4) is 0 Å². The number of aryl methyl sites for hydroxylation is 1. The van der Waals surface area contributed by atoms with Crippen molar-refractivity contribution >= 4 is 17.4 Å². The molecule has 0 saturated heterocycles. The second-order valence-electron chi connectivity index (χ2n) is 4.57. The van der Waals surface area contributed by atoms with Gasteiger partial charge in [-0.15, -0.1) is 11.8 Å². The van der Waals surface area contributed by atoms with Crippen LogP contribution in [0.4, 0.5) is 5.69 Å². The number of anilines is 1.